The van der Waals surface area contributed by atoms with Crippen molar-refractivity contribution in [3.05, 3.63) is 30.0 Å². The molecule has 1 aromatic heterocycles. The standard InChI is InChI=1S/C10H11N3O.CH2O2/c1-2-13-8-6-4-3-5-7(8)9(12-13)10(11)14;2-1-3/h3-6H,2H2,1H3,(H2,11,14);1H,(H,2,3). The van der Waals surface area contributed by atoms with E-state index in [1.165, 1.54) is 0 Å². The van der Waals surface area contributed by atoms with Crippen LogP contribution < -0.4 is 5.73 Å². The second-order valence-corrected chi connectivity index (χ2v) is 3.15. The van der Waals surface area contributed by atoms with Gasteiger partial charge in [0.1, 0.15) is 0 Å². The lowest BCUT2D eigenvalue weighted by Crippen LogP contribution is -2.12. The number of aryl methyl sites for hydroxylation is 1. The monoisotopic (exact) mass is 235 g/mol. The fraction of sp³-hybridized carbons (Fsp3) is 0.182. The van der Waals surface area contributed by atoms with E-state index in [9.17, 15) is 4.79 Å². The molecule has 0 fully saturated rings. The lowest BCUT2D eigenvalue weighted by Gasteiger charge is -1.95. The van der Waals surface area contributed by atoms with Gasteiger partial charge in [-0.1, -0.05) is 18.2 Å². The highest BCUT2D eigenvalue weighted by Crippen LogP contribution is 2.17. The predicted octanol–water partition coefficient (Wildman–Crippen LogP) is 0.856. The van der Waals surface area contributed by atoms with Crippen molar-refractivity contribution in [3.8, 4) is 0 Å². The summed E-state index contributed by atoms with van der Waals surface area (Å²) in [6.45, 7) is 2.46. The number of amides is 1. The van der Waals surface area contributed by atoms with Crippen molar-refractivity contribution >= 4 is 23.3 Å². The van der Waals surface area contributed by atoms with Crippen LogP contribution in [0, 0.1) is 0 Å². The van der Waals surface area contributed by atoms with Crippen LogP contribution >= 0.6 is 0 Å². The average molecular weight is 235 g/mol. The van der Waals surface area contributed by atoms with Gasteiger partial charge in [-0.15, -0.1) is 0 Å². The van der Waals surface area contributed by atoms with Gasteiger partial charge in [0.2, 0.25) is 0 Å². The first-order chi connectivity index (χ1) is 8.15. The van der Waals surface area contributed by atoms with Crippen molar-refractivity contribution in [1.29, 1.82) is 0 Å². The molecule has 0 aliphatic heterocycles. The highest BCUT2D eigenvalue weighted by atomic mass is 16.3. The molecule has 0 aliphatic carbocycles. The van der Waals surface area contributed by atoms with E-state index < -0.39 is 5.91 Å². The van der Waals surface area contributed by atoms with Gasteiger partial charge in [-0.05, 0) is 13.0 Å². The Morgan fingerprint density at radius 1 is 1.53 bits per heavy atom. The van der Waals surface area contributed by atoms with Gasteiger partial charge >= 0.3 is 0 Å². The smallest absolute Gasteiger partial charge is 0.290 e. The molecule has 3 N–H and O–H groups in total. The zero-order valence-electron chi connectivity index (χ0n) is 9.33. The van der Waals surface area contributed by atoms with E-state index in [0.717, 1.165) is 17.4 Å². The highest BCUT2D eigenvalue weighted by molar-refractivity contribution is 6.03. The third-order valence-corrected chi connectivity index (χ3v) is 2.19. The molecular formula is C11H13N3O3. The molecule has 17 heavy (non-hydrogen) atoms. The lowest BCUT2D eigenvalue weighted by atomic mass is 10.2. The summed E-state index contributed by atoms with van der Waals surface area (Å²) in [4.78, 5) is 19.5. The first-order valence-corrected chi connectivity index (χ1v) is 4.98. The van der Waals surface area contributed by atoms with Gasteiger partial charge in [0, 0.05) is 11.9 Å². The SMILES string of the molecule is CCn1nc(C(N)=O)c2ccccc21.O=CO. The topological polar surface area (TPSA) is 98.2 Å². The molecule has 1 aromatic carbocycles. The van der Waals surface area contributed by atoms with Gasteiger partial charge in [0.15, 0.2) is 5.69 Å². The minimum absolute atomic E-state index is 0.250. The third-order valence-electron chi connectivity index (χ3n) is 2.19. The van der Waals surface area contributed by atoms with Gasteiger partial charge in [-0.25, -0.2) is 0 Å². The zero-order valence-corrected chi connectivity index (χ0v) is 9.33. The number of primary amides is 1. The van der Waals surface area contributed by atoms with Crippen LogP contribution in [0.4, 0.5) is 0 Å². The molecule has 6 nitrogen and oxygen atoms in total. The Hall–Kier alpha value is -2.37. The van der Waals surface area contributed by atoms with Gasteiger partial charge in [-0.2, -0.15) is 5.10 Å². The molecule has 1 amide bonds. The van der Waals surface area contributed by atoms with E-state index in [-0.39, 0.29) is 6.47 Å². The molecule has 0 bridgehead atoms. The molecular weight excluding hydrogens is 222 g/mol. The summed E-state index contributed by atoms with van der Waals surface area (Å²) < 4.78 is 1.77. The number of hydrogen-bond acceptors (Lipinski definition) is 3. The Labute approximate surface area is 97.6 Å². The van der Waals surface area contributed by atoms with Crippen LogP contribution in [-0.4, -0.2) is 27.3 Å². The van der Waals surface area contributed by atoms with Crippen LogP contribution in [0.1, 0.15) is 17.4 Å². The molecule has 0 atom stereocenters. The molecule has 2 aromatic rings. The third kappa shape index (κ3) is 2.60. The maximum absolute atomic E-state index is 11.1. The number of nitrogens with zero attached hydrogens (tertiary/aromatic N) is 2. The number of carbonyl (C=O) groups excluding carboxylic acids is 1. The molecule has 6 heteroatoms. The second-order valence-electron chi connectivity index (χ2n) is 3.15. The normalized spacial score (nSPS) is 9.47. The van der Waals surface area contributed by atoms with Gasteiger partial charge in [0.05, 0.1) is 5.52 Å². The van der Waals surface area contributed by atoms with E-state index in [4.69, 9.17) is 15.6 Å². The number of fused-ring (bicyclic) bond motifs is 1. The number of benzene rings is 1. The minimum atomic E-state index is -0.478. The number of para-hydroxylation sites is 1. The summed E-state index contributed by atoms with van der Waals surface area (Å²) in [7, 11) is 0. The quantitative estimate of drug-likeness (QED) is 0.754. The molecule has 0 aliphatic rings. The number of nitrogens with two attached hydrogens (primary N) is 1. The van der Waals surface area contributed by atoms with Gasteiger partial charge in [0.25, 0.3) is 12.4 Å². The van der Waals surface area contributed by atoms with Crippen molar-refractivity contribution in [2.45, 2.75) is 13.5 Å². The largest absolute Gasteiger partial charge is 0.483 e. The Bertz CT molecular complexity index is 534. The van der Waals surface area contributed by atoms with Crippen LogP contribution in [-0.2, 0) is 11.3 Å². The maximum atomic E-state index is 11.1. The zero-order chi connectivity index (χ0) is 12.8. The molecule has 1 heterocycles. The van der Waals surface area contributed by atoms with Crippen LogP contribution in [0.2, 0.25) is 0 Å². The van der Waals surface area contributed by atoms with Crippen molar-refractivity contribution in [2.24, 2.45) is 5.73 Å². The van der Waals surface area contributed by atoms with Crippen molar-refractivity contribution in [3.63, 3.8) is 0 Å². The fourth-order valence-electron chi connectivity index (χ4n) is 1.55. The minimum Gasteiger partial charge on any atom is -0.483 e. The van der Waals surface area contributed by atoms with Crippen molar-refractivity contribution in [1.82, 2.24) is 9.78 Å². The van der Waals surface area contributed by atoms with Gasteiger partial charge < -0.3 is 10.8 Å². The Morgan fingerprint density at radius 3 is 2.65 bits per heavy atom. The Kier molecular flexibility index (Phi) is 4.21. The summed E-state index contributed by atoms with van der Waals surface area (Å²) in [5.74, 6) is -0.478. The van der Waals surface area contributed by atoms with Crippen LogP contribution in [0.3, 0.4) is 0 Å². The first kappa shape index (κ1) is 12.7. The van der Waals surface area contributed by atoms with Crippen LogP contribution in [0.25, 0.3) is 10.9 Å². The Balaban J connectivity index is 0.000000437. The summed E-state index contributed by atoms with van der Waals surface area (Å²) >= 11 is 0. The summed E-state index contributed by atoms with van der Waals surface area (Å²) in [6, 6.07) is 7.57. The summed E-state index contributed by atoms with van der Waals surface area (Å²) in [6.07, 6.45) is 0. The van der Waals surface area contributed by atoms with E-state index >= 15 is 0 Å². The van der Waals surface area contributed by atoms with Crippen LogP contribution in [0.15, 0.2) is 24.3 Å². The van der Waals surface area contributed by atoms with Crippen molar-refractivity contribution < 1.29 is 14.7 Å². The predicted molar refractivity (Wildman–Crippen MR) is 62.6 cm³/mol. The number of carboxylic acid groups (broad SMARTS) is 1. The summed E-state index contributed by atoms with van der Waals surface area (Å²) in [5, 5.41) is 11.9. The first-order valence-electron chi connectivity index (χ1n) is 4.98. The molecule has 0 saturated carbocycles. The average Bonchev–Trinajstić information content (AvgIpc) is 2.69. The molecule has 0 radical (unpaired) electrons. The molecule has 0 saturated heterocycles. The summed E-state index contributed by atoms with van der Waals surface area (Å²) in [5.41, 5.74) is 6.53. The molecule has 2 rings (SSSR count). The number of hydrogen-bond donors (Lipinski definition) is 2. The lowest BCUT2D eigenvalue weighted by molar-refractivity contribution is -0.122. The van der Waals surface area contributed by atoms with E-state index in [1.54, 1.807) is 4.68 Å². The molecule has 0 unspecified atom stereocenters. The van der Waals surface area contributed by atoms with Crippen LogP contribution in [0.5, 0.6) is 0 Å². The molecule has 90 valence electrons. The number of carbonyl (C=O) groups is 2. The van der Waals surface area contributed by atoms with E-state index in [0.29, 0.717) is 5.69 Å². The fourth-order valence-corrected chi connectivity index (χ4v) is 1.55. The second kappa shape index (κ2) is 5.64. The number of rotatable bonds is 2. The Morgan fingerprint density at radius 2 is 2.12 bits per heavy atom. The van der Waals surface area contributed by atoms with Gasteiger partial charge in [-0.3, -0.25) is 14.3 Å². The highest BCUT2D eigenvalue weighted by Gasteiger charge is 2.12. The molecule has 0 spiro atoms. The van der Waals surface area contributed by atoms with E-state index in [2.05, 4.69) is 5.10 Å². The maximum Gasteiger partial charge on any atom is 0.290 e. The number of aromatic nitrogens is 2. The van der Waals surface area contributed by atoms with Crippen molar-refractivity contribution in [2.75, 3.05) is 0 Å². The van der Waals surface area contributed by atoms with E-state index in [1.807, 2.05) is 31.2 Å².